The van der Waals surface area contributed by atoms with Crippen molar-refractivity contribution in [3.05, 3.63) is 56.8 Å². The van der Waals surface area contributed by atoms with Crippen molar-refractivity contribution in [3.8, 4) is 17.6 Å². The fraction of sp³-hybridized carbons (Fsp3) is 0.471. The summed E-state index contributed by atoms with van der Waals surface area (Å²) in [5.41, 5.74) is 16.7. The highest BCUT2D eigenvalue weighted by molar-refractivity contribution is 7.16. The maximum absolute atomic E-state index is 10.1. The average molecular weight is 652 g/mol. The molecule has 0 bridgehead atoms. The molecule has 244 valence electrons. The molecular formula is C34H41N11OS. The van der Waals surface area contributed by atoms with Crippen LogP contribution in [-0.2, 0) is 18.3 Å². The molecule has 1 fully saturated rings. The number of anilines is 4. The summed E-state index contributed by atoms with van der Waals surface area (Å²) < 4.78 is 6.29. The molecule has 4 atom stereocenters. The van der Waals surface area contributed by atoms with Gasteiger partial charge in [0.15, 0.2) is 17.3 Å². The van der Waals surface area contributed by atoms with Gasteiger partial charge in [0.05, 0.1) is 22.6 Å². The van der Waals surface area contributed by atoms with Gasteiger partial charge in [0.2, 0.25) is 0 Å². The Morgan fingerprint density at radius 2 is 1.94 bits per heavy atom. The molecule has 1 spiro atoms. The maximum Gasteiger partial charge on any atom is 0.186 e. The first kappa shape index (κ1) is 31.1. The fourth-order valence-corrected chi connectivity index (χ4v) is 9.27. The molecule has 12 nitrogen and oxygen atoms in total. The van der Waals surface area contributed by atoms with Crippen LogP contribution in [-0.4, -0.2) is 56.9 Å². The van der Waals surface area contributed by atoms with Crippen LogP contribution in [0.15, 0.2) is 22.9 Å². The first-order valence-electron chi connectivity index (χ1n) is 16.4. The molecule has 4 aromatic heterocycles. The molecule has 13 heteroatoms. The van der Waals surface area contributed by atoms with Crippen molar-refractivity contribution in [2.24, 2.45) is 0 Å². The lowest BCUT2D eigenvalue weighted by molar-refractivity contribution is 0.265. The quantitative estimate of drug-likeness (QED) is 0.148. The number of hydrogen-bond donors (Lipinski definition) is 5. The summed E-state index contributed by atoms with van der Waals surface area (Å²) in [6.45, 7) is 5.21. The molecule has 3 aliphatic rings. The molecule has 0 radical (unpaired) electrons. The van der Waals surface area contributed by atoms with E-state index >= 15 is 0 Å². The summed E-state index contributed by atoms with van der Waals surface area (Å²) in [6.07, 6.45) is 10.5. The van der Waals surface area contributed by atoms with Crippen LogP contribution in [0.3, 0.4) is 0 Å². The van der Waals surface area contributed by atoms with Gasteiger partial charge in [0.25, 0.3) is 0 Å². The number of thiophene rings is 1. The molecular weight excluding hydrogens is 611 g/mol. The van der Waals surface area contributed by atoms with Crippen molar-refractivity contribution >= 4 is 40.0 Å². The number of aryl methyl sites for hydroxylation is 1. The van der Waals surface area contributed by atoms with Gasteiger partial charge in [0.1, 0.15) is 28.5 Å². The van der Waals surface area contributed by atoms with E-state index in [0.29, 0.717) is 51.1 Å². The van der Waals surface area contributed by atoms with Gasteiger partial charge in [0, 0.05) is 40.5 Å². The molecule has 1 saturated heterocycles. The Hall–Kier alpha value is -4.54. The highest BCUT2D eigenvalue weighted by Gasteiger charge is 2.49. The third-order valence-corrected chi connectivity index (χ3v) is 11.4. The van der Waals surface area contributed by atoms with Gasteiger partial charge in [-0.2, -0.15) is 5.26 Å². The molecule has 4 aromatic rings. The van der Waals surface area contributed by atoms with Crippen molar-refractivity contribution in [3.63, 3.8) is 0 Å². The van der Waals surface area contributed by atoms with E-state index in [-0.39, 0.29) is 12.1 Å². The Labute approximate surface area is 278 Å². The van der Waals surface area contributed by atoms with Gasteiger partial charge < -0.3 is 36.9 Å². The number of fused-ring (bicyclic) bond motifs is 4. The molecule has 7 N–H and O–H groups in total. The molecule has 1 aliphatic heterocycles. The summed E-state index contributed by atoms with van der Waals surface area (Å²) >= 11 is 1.53. The molecule has 0 saturated carbocycles. The second-order valence-corrected chi connectivity index (χ2v) is 14.3. The molecule has 2 aliphatic carbocycles. The highest BCUT2D eigenvalue weighted by atomic mass is 32.1. The second kappa shape index (κ2) is 12.2. The van der Waals surface area contributed by atoms with E-state index < -0.39 is 5.41 Å². The van der Waals surface area contributed by atoms with Crippen LogP contribution >= 0.6 is 11.3 Å². The Bertz CT molecular complexity index is 1870. The summed E-state index contributed by atoms with van der Waals surface area (Å²) in [5, 5.41) is 30.9. The lowest BCUT2D eigenvalue weighted by Crippen LogP contribution is -2.39. The third-order valence-electron chi connectivity index (χ3n) is 10.4. The lowest BCUT2D eigenvalue weighted by atomic mass is 9.63. The van der Waals surface area contributed by atoms with Crippen LogP contribution in [0.2, 0.25) is 0 Å². The van der Waals surface area contributed by atoms with Crippen LogP contribution in [0.4, 0.5) is 22.5 Å². The summed E-state index contributed by atoms with van der Waals surface area (Å²) in [5.74, 6) is 2.71. The van der Waals surface area contributed by atoms with Crippen molar-refractivity contribution in [1.29, 1.82) is 10.7 Å². The number of nitriles is 1. The van der Waals surface area contributed by atoms with Crippen LogP contribution < -0.4 is 22.1 Å². The predicted octanol–water partition coefficient (Wildman–Crippen LogP) is 5.65. The van der Waals surface area contributed by atoms with Gasteiger partial charge in [-0.25, -0.2) is 15.0 Å². The minimum absolute atomic E-state index is 0.0757. The maximum atomic E-state index is 10.1. The number of nitrogens with zero attached hydrogens (tertiary/aromatic N) is 6. The summed E-state index contributed by atoms with van der Waals surface area (Å²) in [6, 6.07) is 6.35. The van der Waals surface area contributed by atoms with Crippen LogP contribution in [0.5, 0.6) is 0 Å². The minimum Gasteiger partial charge on any atom is -0.389 e. The van der Waals surface area contributed by atoms with Crippen molar-refractivity contribution in [1.82, 2.24) is 25.0 Å². The van der Waals surface area contributed by atoms with E-state index in [9.17, 15) is 5.26 Å². The number of likely N-dealkylation sites (N-methyl/N-ethyl adjacent to an activating group) is 1. The third kappa shape index (κ3) is 5.20. The number of aromatic nitrogens is 4. The Morgan fingerprint density at radius 3 is 2.64 bits per heavy atom. The zero-order valence-corrected chi connectivity index (χ0v) is 27.9. The average Bonchev–Trinajstić information content (AvgIpc) is 3.78. The van der Waals surface area contributed by atoms with E-state index in [0.717, 1.165) is 80.4 Å². The van der Waals surface area contributed by atoms with Crippen LogP contribution in [0, 0.1) is 16.7 Å². The van der Waals surface area contributed by atoms with E-state index in [4.69, 9.17) is 31.4 Å². The number of rotatable bonds is 8. The van der Waals surface area contributed by atoms with E-state index in [1.165, 1.54) is 22.4 Å². The molecule has 4 unspecified atom stereocenters. The smallest absolute Gasteiger partial charge is 0.186 e. The lowest BCUT2D eigenvalue weighted by Gasteiger charge is -2.39. The van der Waals surface area contributed by atoms with Gasteiger partial charge in [-0.05, 0) is 90.4 Å². The zero-order valence-electron chi connectivity index (χ0n) is 27.1. The predicted molar refractivity (Wildman–Crippen MR) is 185 cm³/mol. The summed E-state index contributed by atoms with van der Waals surface area (Å²) in [7, 11) is 2.15. The van der Waals surface area contributed by atoms with Crippen molar-refractivity contribution < 1.29 is 4.52 Å². The number of nitrogens with one attached hydrogen (secondary N) is 3. The largest absolute Gasteiger partial charge is 0.389 e. The Kier molecular flexibility index (Phi) is 8.09. The number of hydrogen-bond acceptors (Lipinski definition) is 13. The molecule has 5 heterocycles. The summed E-state index contributed by atoms with van der Waals surface area (Å²) in [4.78, 5) is 17.9. The van der Waals surface area contributed by atoms with Gasteiger partial charge in [-0.1, -0.05) is 11.2 Å². The van der Waals surface area contributed by atoms with Gasteiger partial charge in [-0.3, -0.25) is 0 Å². The molecule has 47 heavy (non-hydrogen) atoms. The standard InChI is InChI=1S/C34H41N11OS/c1-18(20-9-6-14-39-29(20)37)40-31-23(17-36)32(41-19(2)24-10-7-15-45(24)3)43-33(42-31)27-21-8-4-12-34(28(21)46-44-27)13-5-11-25-26(34)22(16-35)30(38)47-25/h6,9,14,17-19,24,36H,4-5,7-8,10-13,15,38H2,1-3H3,(H2,37,39)(H2,40,41,42,43). The number of pyridine rings is 1. The normalized spacial score (nSPS) is 21.9. The molecule has 7 rings (SSSR count). The number of likely N-dealkylation sites (tertiary alicyclic amines) is 1. The van der Waals surface area contributed by atoms with E-state index in [2.05, 4.69) is 45.7 Å². The first-order valence-corrected chi connectivity index (χ1v) is 17.2. The molecule has 0 amide bonds. The highest BCUT2D eigenvalue weighted by Crippen LogP contribution is 2.55. The Balaban J connectivity index is 1.35. The van der Waals surface area contributed by atoms with Gasteiger partial charge >= 0.3 is 0 Å². The van der Waals surface area contributed by atoms with Crippen LogP contribution in [0.25, 0.3) is 11.5 Å². The number of nitrogen functional groups attached to an aromatic ring is 2. The Morgan fingerprint density at radius 1 is 1.17 bits per heavy atom. The second-order valence-electron chi connectivity index (χ2n) is 13.1. The monoisotopic (exact) mass is 651 g/mol. The first-order chi connectivity index (χ1) is 22.8. The SMILES string of the molecule is CC(Nc1nc(-c2noc3c2CCCC32CCCc3sc(N)c(C#N)c32)nc(NC(C)C2CCCN2C)c1C=N)c1cccnc1N. The number of nitrogens with two attached hydrogens (primary N) is 2. The van der Waals surface area contributed by atoms with E-state index in [1.807, 2.05) is 19.1 Å². The van der Waals surface area contributed by atoms with Crippen molar-refractivity contribution in [2.75, 3.05) is 35.7 Å². The van der Waals surface area contributed by atoms with Gasteiger partial charge in [-0.15, -0.1) is 11.3 Å². The minimum atomic E-state index is -0.448. The van der Waals surface area contributed by atoms with Crippen molar-refractivity contribution in [2.45, 2.75) is 88.8 Å². The van der Waals surface area contributed by atoms with Crippen LogP contribution in [0.1, 0.15) is 96.9 Å². The molecule has 0 aromatic carbocycles. The zero-order chi connectivity index (χ0) is 32.9. The topological polar surface area (TPSA) is 192 Å². The van der Waals surface area contributed by atoms with E-state index in [1.54, 1.807) is 6.20 Å². The fourth-order valence-electron chi connectivity index (χ4n) is 8.11.